The predicted octanol–water partition coefficient (Wildman–Crippen LogP) is 3.17. The molecule has 0 saturated carbocycles. The number of amides is 1. The molecular formula is C21H26N2O2. The van der Waals surface area contributed by atoms with Gasteiger partial charge in [-0.05, 0) is 42.7 Å². The van der Waals surface area contributed by atoms with Gasteiger partial charge in [-0.1, -0.05) is 30.3 Å². The summed E-state index contributed by atoms with van der Waals surface area (Å²) in [6.07, 6.45) is 2.45. The Morgan fingerprint density at radius 3 is 2.56 bits per heavy atom. The number of morpholine rings is 1. The molecule has 2 aliphatic rings. The van der Waals surface area contributed by atoms with E-state index in [0.717, 1.165) is 56.6 Å². The normalized spacial score (nSPS) is 23.1. The number of nitrogens with zero attached hydrogens (tertiary/aromatic N) is 2. The number of carbonyl (C=O) groups excluding carboxylic acids is 1. The summed E-state index contributed by atoms with van der Waals surface area (Å²) in [5.41, 5.74) is 0.803. The van der Waals surface area contributed by atoms with Gasteiger partial charge in [0.25, 0.3) is 5.91 Å². The summed E-state index contributed by atoms with van der Waals surface area (Å²) in [6, 6.07) is 14.8. The van der Waals surface area contributed by atoms with Crippen LogP contribution in [0.5, 0.6) is 0 Å². The van der Waals surface area contributed by atoms with Crippen molar-refractivity contribution in [3.63, 3.8) is 0 Å². The first-order chi connectivity index (χ1) is 12.2. The highest BCUT2D eigenvalue weighted by Crippen LogP contribution is 2.22. The molecule has 0 N–H and O–H groups in total. The van der Waals surface area contributed by atoms with E-state index in [1.54, 1.807) is 0 Å². The summed E-state index contributed by atoms with van der Waals surface area (Å²) in [5, 5.41) is 2.31. The van der Waals surface area contributed by atoms with Gasteiger partial charge < -0.3 is 9.64 Å². The quantitative estimate of drug-likeness (QED) is 0.843. The Morgan fingerprint density at radius 1 is 1.04 bits per heavy atom. The average Bonchev–Trinajstić information content (AvgIpc) is 2.67. The zero-order valence-corrected chi connectivity index (χ0v) is 14.9. The van der Waals surface area contributed by atoms with E-state index in [9.17, 15) is 4.79 Å². The minimum absolute atomic E-state index is 0.166. The van der Waals surface area contributed by atoms with E-state index >= 15 is 0 Å². The first-order valence-electron chi connectivity index (χ1n) is 9.34. The molecule has 0 radical (unpaired) electrons. The number of ether oxygens (including phenoxy) is 1. The smallest absolute Gasteiger partial charge is 0.253 e. The standard InChI is InChI=1S/C21H26N2O2/c1-16-15-23(12-13-25-16)20-8-10-22(11-9-20)21(24)19-7-6-17-4-2-3-5-18(17)14-19/h2-7,14,16,20H,8-13,15H2,1H3. The molecule has 1 unspecified atom stereocenters. The number of piperidine rings is 1. The number of carbonyl (C=O) groups is 1. The Hall–Kier alpha value is -1.91. The lowest BCUT2D eigenvalue weighted by atomic mass is 10.0. The molecule has 2 aromatic rings. The van der Waals surface area contributed by atoms with Gasteiger partial charge in [-0.15, -0.1) is 0 Å². The first kappa shape index (κ1) is 16.6. The minimum Gasteiger partial charge on any atom is -0.376 e. The third-order valence-electron chi connectivity index (χ3n) is 5.54. The van der Waals surface area contributed by atoms with Crippen LogP contribution < -0.4 is 0 Å². The topological polar surface area (TPSA) is 32.8 Å². The van der Waals surface area contributed by atoms with Crippen molar-refractivity contribution in [3.05, 3.63) is 48.0 Å². The molecule has 4 nitrogen and oxygen atoms in total. The summed E-state index contributed by atoms with van der Waals surface area (Å²) >= 11 is 0. The Morgan fingerprint density at radius 2 is 1.80 bits per heavy atom. The molecule has 132 valence electrons. The molecule has 2 aliphatic heterocycles. The van der Waals surface area contributed by atoms with Gasteiger partial charge >= 0.3 is 0 Å². The van der Waals surface area contributed by atoms with Gasteiger partial charge in [0.05, 0.1) is 12.7 Å². The first-order valence-corrected chi connectivity index (χ1v) is 9.34. The fourth-order valence-electron chi connectivity index (χ4n) is 4.12. The van der Waals surface area contributed by atoms with Crippen LogP contribution in [0, 0.1) is 0 Å². The molecule has 0 aliphatic carbocycles. The zero-order valence-electron chi connectivity index (χ0n) is 14.9. The van der Waals surface area contributed by atoms with E-state index < -0.39 is 0 Å². The zero-order chi connectivity index (χ0) is 17.2. The van der Waals surface area contributed by atoms with E-state index in [1.807, 2.05) is 35.2 Å². The van der Waals surface area contributed by atoms with Crippen molar-refractivity contribution in [2.45, 2.75) is 31.9 Å². The van der Waals surface area contributed by atoms with Crippen LogP contribution in [0.15, 0.2) is 42.5 Å². The fourth-order valence-corrected chi connectivity index (χ4v) is 4.12. The largest absolute Gasteiger partial charge is 0.376 e. The number of rotatable bonds is 2. The van der Waals surface area contributed by atoms with Crippen molar-refractivity contribution in [3.8, 4) is 0 Å². The van der Waals surface area contributed by atoms with Crippen LogP contribution in [0.25, 0.3) is 10.8 Å². The Bertz CT molecular complexity index is 752. The molecule has 2 fully saturated rings. The van der Waals surface area contributed by atoms with Crippen molar-refractivity contribution >= 4 is 16.7 Å². The second kappa shape index (κ2) is 7.14. The Balaban J connectivity index is 1.40. The van der Waals surface area contributed by atoms with Crippen LogP contribution >= 0.6 is 0 Å². The fraction of sp³-hybridized carbons (Fsp3) is 0.476. The van der Waals surface area contributed by atoms with Gasteiger partial charge in [0, 0.05) is 37.8 Å². The number of benzene rings is 2. The highest BCUT2D eigenvalue weighted by atomic mass is 16.5. The molecule has 2 aromatic carbocycles. The van der Waals surface area contributed by atoms with Gasteiger partial charge in [0.1, 0.15) is 0 Å². The molecule has 2 heterocycles. The molecule has 4 rings (SSSR count). The molecule has 0 aromatic heterocycles. The third-order valence-corrected chi connectivity index (χ3v) is 5.54. The highest BCUT2D eigenvalue weighted by molar-refractivity contribution is 5.98. The van der Waals surface area contributed by atoms with Crippen LogP contribution in [-0.2, 0) is 4.74 Å². The van der Waals surface area contributed by atoms with Gasteiger partial charge in [-0.2, -0.15) is 0 Å². The number of hydrogen-bond acceptors (Lipinski definition) is 3. The maximum absolute atomic E-state index is 12.9. The number of hydrogen-bond donors (Lipinski definition) is 0. The van der Waals surface area contributed by atoms with Gasteiger partial charge in [-0.25, -0.2) is 0 Å². The lowest BCUT2D eigenvalue weighted by Crippen LogP contribution is -2.51. The van der Waals surface area contributed by atoms with Crippen molar-refractivity contribution < 1.29 is 9.53 Å². The molecule has 1 atom stereocenters. The highest BCUT2D eigenvalue weighted by Gasteiger charge is 2.29. The van der Waals surface area contributed by atoms with Crippen LogP contribution in [0.4, 0.5) is 0 Å². The number of likely N-dealkylation sites (tertiary alicyclic amines) is 1. The van der Waals surface area contributed by atoms with Gasteiger partial charge in [0.15, 0.2) is 0 Å². The molecule has 4 heteroatoms. The molecule has 0 spiro atoms. The van der Waals surface area contributed by atoms with Crippen LogP contribution in [0.3, 0.4) is 0 Å². The van der Waals surface area contributed by atoms with E-state index in [-0.39, 0.29) is 5.91 Å². The number of fused-ring (bicyclic) bond motifs is 1. The lowest BCUT2D eigenvalue weighted by Gasteiger charge is -2.41. The lowest BCUT2D eigenvalue weighted by molar-refractivity contribution is -0.0423. The summed E-state index contributed by atoms with van der Waals surface area (Å²) < 4.78 is 5.64. The SMILES string of the molecule is CC1CN(C2CCN(C(=O)c3ccc4ccccc4c3)CC2)CCO1. The van der Waals surface area contributed by atoms with Crippen LogP contribution in [-0.4, -0.2) is 60.6 Å². The van der Waals surface area contributed by atoms with Gasteiger partial charge in [-0.3, -0.25) is 9.69 Å². The maximum atomic E-state index is 12.9. The summed E-state index contributed by atoms with van der Waals surface area (Å²) in [4.78, 5) is 17.4. The average molecular weight is 338 g/mol. The molecule has 2 saturated heterocycles. The van der Waals surface area contributed by atoms with E-state index in [4.69, 9.17) is 4.74 Å². The maximum Gasteiger partial charge on any atom is 0.253 e. The Kier molecular flexibility index (Phi) is 4.73. The Labute approximate surface area is 149 Å². The monoisotopic (exact) mass is 338 g/mol. The van der Waals surface area contributed by atoms with Crippen LogP contribution in [0.2, 0.25) is 0 Å². The third kappa shape index (κ3) is 3.55. The minimum atomic E-state index is 0.166. The summed E-state index contributed by atoms with van der Waals surface area (Å²) in [7, 11) is 0. The molecule has 1 amide bonds. The van der Waals surface area contributed by atoms with E-state index in [2.05, 4.69) is 24.0 Å². The molecular weight excluding hydrogens is 312 g/mol. The van der Waals surface area contributed by atoms with Crippen molar-refractivity contribution in [1.29, 1.82) is 0 Å². The van der Waals surface area contributed by atoms with Crippen molar-refractivity contribution in [1.82, 2.24) is 9.80 Å². The van der Waals surface area contributed by atoms with Crippen molar-refractivity contribution in [2.75, 3.05) is 32.8 Å². The van der Waals surface area contributed by atoms with Gasteiger partial charge in [0.2, 0.25) is 0 Å². The second-order valence-corrected chi connectivity index (χ2v) is 7.26. The molecule has 0 bridgehead atoms. The second-order valence-electron chi connectivity index (χ2n) is 7.26. The summed E-state index contributed by atoms with van der Waals surface area (Å²) in [6.45, 7) is 6.71. The predicted molar refractivity (Wildman–Crippen MR) is 99.9 cm³/mol. The summed E-state index contributed by atoms with van der Waals surface area (Å²) in [5.74, 6) is 0.166. The van der Waals surface area contributed by atoms with Crippen molar-refractivity contribution in [2.24, 2.45) is 0 Å². The van der Waals surface area contributed by atoms with Crippen LogP contribution in [0.1, 0.15) is 30.1 Å². The molecule has 25 heavy (non-hydrogen) atoms. The van der Waals surface area contributed by atoms with E-state index in [0.29, 0.717) is 12.1 Å². The van der Waals surface area contributed by atoms with E-state index in [1.165, 1.54) is 5.39 Å².